The van der Waals surface area contributed by atoms with E-state index in [9.17, 15) is 9.90 Å². The minimum absolute atomic E-state index is 0.0313. The molecule has 6 heteroatoms. The quantitative estimate of drug-likeness (QED) is 0.701. The van der Waals surface area contributed by atoms with E-state index in [2.05, 4.69) is 10.4 Å². The highest BCUT2D eigenvalue weighted by molar-refractivity contribution is 5.81. The van der Waals surface area contributed by atoms with Crippen molar-refractivity contribution in [2.75, 3.05) is 20.1 Å². The van der Waals surface area contributed by atoms with E-state index in [1.165, 1.54) is 0 Å². The van der Waals surface area contributed by atoms with Crippen molar-refractivity contribution in [2.24, 2.45) is 0 Å². The number of likely N-dealkylation sites (N-methyl/N-ethyl adjacent to an activating group) is 1. The minimum Gasteiger partial charge on any atom is -0.390 e. The Balaban J connectivity index is 2.29. The molecule has 0 bridgehead atoms. The van der Waals surface area contributed by atoms with Crippen molar-refractivity contribution in [3.8, 4) is 0 Å². The van der Waals surface area contributed by atoms with Gasteiger partial charge in [0.2, 0.25) is 5.91 Å². The van der Waals surface area contributed by atoms with Gasteiger partial charge in [0, 0.05) is 32.5 Å². The van der Waals surface area contributed by atoms with E-state index >= 15 is 0 Å². The molecule has 102 valence electrons. The number of hydrogen-bond acceptors (Lipinski definition) is 4. The molecule has 6 nitrogen and oxygen atoms in total. The molecular weight excluding hydrogens is 232 g/mol. The van der Waals surface area contributed by atoms with Crippen LogP contribution in [0.3, 0.4) is 0 Å². The van der Waals surface area contributed by atoms with Crippen LogP contribution in [0.4, 0.5) is 0 Å². The van der Waals surface area contributed by atoms with Crippen molar-refractivity contribution in [1.82, 2.24) is 20.0 Å². The molecule has 2 atom stereocenters. The molecule has 0 aliphatic carbocycles. The number of carbonyl (C=O) groups excluding carboxylic acids is 1. The van der Waals surface area contributed by atoms with Crippen LogP contribution in [0, 0.1) is 0 Å². The number of rotatable bonds is 7. The number of nitrogens with one attached hydrogen (secondary N) is 1. The van der Waals surface area contributed by atoms with E-state index in [-0.39, 0.29) is 11.9 Å². The maximum atomic E-state index is 11.8. The van der Waals surface area contributed by atoms with Gasteiger partial charge in [0.25, 0.3) is 0 Å². The average Bonchev–Trinajstić information content (AvgIpc) is 2.86. The van der Waals surface area contributed by atoms with E-state index in [4.69, 9.17) is 0 Å². The van der Waals surface area contributed by atoms with Gasteiger partial charge < -0.3 is 15.3 Å². The number of aromatic nitrogens is 2. The van der Waals surface area contributed by atoms with E-state index in [0.29, 0.717) is 19.6 Å². The predicted molar refractivity (Wildman–Crippen MR) is 69.0 cm³/mol. The van der Waals surface area contributed by atoms with Gasteiger partial charge >= 0.3 is 0 Å². The summed E-state index contributed by atoms with van der Waals surface area (Å²) in [6.45, 7) is 5.20. The highest BCUT2D eigenvalue weighted by Crippen LogP contribution is 1.94. The van der Waals surface area contributed by atoms with Gasteiger partial charge in [-0.3, -0.25) is 9.48 Å². The highest BCUT2D eigenvalue weighted by Gasteiger charge is 2.16. The second-order valence-corrected chi connectivity index (χ2v) is 4.36. The smallest absolute Gasteiger partial charge is 0.239 e. The van der Waals surface area contributed by atoms with Crippen LogP contribution in [0.5, 0.6) is 0 Å². The molecule has 0 aromatic carbocycles. The summed E-state index contributed by atoms with van der Waals surface area (Å²) in [5.74, 6) is 0.0313. The topological polar surface area (TPSA) is 70.4 Å². The fourth-order valence-electron chi connectivity index (χ4n) is 1.58. The molecule has 0 radical (unpaired) electrons. The van der Waals surface area contributed by atoms with E-state index in [0.717, 1.165) is 0 Å². The first kappa shape index (κ1) is 14.7. The third kappa shape index (κ3) is 4.46. The number of hydrogen-bond donors (Lipinski definition) is 2. The summed E-state index contributed by atoms with van der Waals surface area (Å²) in [4.78, 5) is 13.4. The fraction of sp³-hybridized carbons (Fsp3) is 0.667. The van der Waals surface area contributed by atoms with Crippen LogP contribution in [0.15, 0.2) is 18.5 Å². The van der Waals surface area contributed by atoms with Crippen LogP contribution in [0.25, 0.3) is 0 Å². The first-order chi connectivity index (χ1) is 8.54. The van der Waals surface area contributed by atoms with Gasteiger partial charge in [-0.15, -0.1) is 0 Å². The van der Waals surface area contributed by atoms with Crippen LogP contribution in [0.1, 0.15) is 13.8 Å². The lowest BCUT2D eigenvalue weighted by Crippen LogP contribution is -2.45. The third-order valence-corrected chi connectivity index (χ3v) is 2.84. The Morgan fingerprint density at radius 2 is 2.33 bits per heavy atom. The largest absolute Gasteiger partial charge is 0.390 e. The Morgan fingerprint density at radius 3 is 2.89 bits per heavy atom. The van der Waals surface area contributed by atoms with E-state index in [1.807, 2.05) is 13.0 Å². The van der Waals surface area contributed by atoms with Gasteiger partial charge in [-0.1, -0.05) is 0 Å². The number of nitrogens with zero attached hydrogens (tertiary/aromatic N) is 3. The monoisotopic (exact) mass is 254 g/mol. The van der Waals surface area contributed by atoms with Crippen LogP contribution < -0.4 is 5.32 Å². The molecule has 2 unspecified atom stereocenters. The van der Waals surface area contributed by atoms with Gasteiger partial charge in [-0.25, -0.2) is 0 Å². The number of carbonyl (C=O) groups is 1. The number of aliphatic hydroxyl groups is 1. The molecule has 0 fully saturated rings. The average molecular weight is 254 g/mol. The Bertz CT molecular complexity index is 353. The molecule has 0 spiro atoms. The van der Waals surface area contributed by atoms with Crippen molar-refractivity contribution in [3.63, 3.8) is 0 Å². The van der Waals surface area contributed by atoms with Crippen LogP contribution >= 0.6 is 0 Å². The first-order valence-corrected chi connectivity index (χ1v) is 6.18. The van der Waals surface area contributed by atoms with Crippen molar-refractivity contribution in [2.45, 2.75) is 32.5 Å². The van der Waals surface area contributed by atoms with Crippen molar-refractivity contribution in [1.29, 1.82) is 0 Å². The second-order valence-electron chi connectivity index (χ2n) is 4.36. The van der Waals surface area contributed by atoms with Gasteiger partial charge in [0.05, 0.1) is 18.7 Å². The summed E-state index contributed by atoms with van der Waals surface area (Å²) >= 11 is 0. The number of amides is 1. The standard InChI is InChI=1S/C12H22N4O2/c1-4-15(3)12(18)10(2)13-8-11(17)9-16-7-5-6-14-16/h5-7,10-11,13,17H,4,8-9H2,1-3H3. The highest BCUT2D eigenvalue weighted by atomic mass is 16.3. The zero-order chi connectivity index (χ0) is 13.5. The van der Waals surface area contributed by atoms with E-state index in [1.54, 1.807) is 35.9 Å². The van der Waals surface area contributed by atoms with Gasteiger partial charge in [-0.05, 0) is 19.9 Å². The summed E-state index contributed by atoms with van der Waals surface area (Å²) in [6, 6.07) is 1.52. The van der Waals surface area contributed by atoms with Crippen molar-refractivity contribution in [3.05, 3.63) is 18.5 Å². The zero-order valence-corrected chi connectivity index (χ0v) is 11.2. The molecule has 2 N–H and O–H groups in total. The summed E-state index contributed by atoms with van der Waals surface area (Å²) < 4.78 is 1.66. The second kappa shape index (κ2) is 7.13. The first-order valence-electron chi connectivity index (χ1n) is 6.18. The fourth-order valence-corrected chi connectivity index (χ4v) is 1.58. The molecule has 0 saturated heterocycles. The van der Waals surface area contributed by atoms with Crippen molar-refractivity contribution >= 4 is 5.91 Å². The predicted octanol–water partition coefficient (Wildman–Crippen LogP) is -0.300. The Labute approximate surface area is 108 Å². The minimum atomic E-state index is -0.563. The normalized spacial score (nSPS) is 14.2. The van der Waals surface area contributed by atoms with Crippen LogP contribution in [-0.4, -0.2) is 58.0 Å². The summed E-state index contributed by atoms with van der Waals surface area (Å²) in [5.41, 5.74) is 0. The van der Waals surface area contributed by atoms with Gasteiger partial charge in [0.15, 0.2) is 0 Å². The molecule has 0 aliphatic rings. The lowest BCUT2D eigenvalue weighted by atomic mass is 10.2. The summed E-state index contributed by atoms with van der Waals surface area (Å²) in [6.07, 6.45) is 2.90. The zero-order valence-electron chi connectivity index (χ0n) is 11.2. The molecule has 0 aliphatic heterocycles. The SMILES string of the molecule is CCN(C)C(=O)C(C)NCC(O)Cn1cccn1. The van der Waals surface area contributed by atoms with Crippen LogP contribution in [-0.2, 0) is 11.3 Å². The lowest BCUT2D eigenvalue weighted by molar-refractivity contribution is -0.131. The Morgan fingerprint density at radius 1 is 1.61 bits per heavy atom. The molecule has 0 saturated carbocycles. The Hall–Kier alpha value is -1.40. The van der Waals surface area contributed by atoms with Gasteiger partial charge in [-0.2, -0.15) is 5.10 Å². The van der Waals surface area contributed by atoms with Crippen LogP contribution in [0.2, 0.25) is 0 Å². The number of aliphatic hydroxyl groups excluding tert-OH is 1. The molecule has 1 aromatic rings. The maximum Gasteiger partial charge on any atom is 0.239 e. The molecule has 1 heterocycles. The molecule has 1 amide bonds. The van der Waals surface area contributed by atoms with Crippen molar-refractivity contribution < 1.29 is 9.90 Å². The molecular formula is C12H22N4O2. The molecule has 18 heavy (non-hydrogen) atoms. The molecule has 1 rings (SSSR count). The maximum absolute atomic E-state index is 11.8. The van der Waals surface area contributed by atoms with E-state index < -0.39 is 6.10 Å². The molecule has 1 aromatic heterocycles. The lowest BCUT2D eigenvalue weighted by Gasteiger charge is -2.21. The Kier molecular flexibility index (Phi) is 5.80. The summed E-state index contributed by atoms with van der Waals surface area (Å²) in [5, 5.41) is 16.8. The summed E-state index contributed by atoms with van der Waals surface area (Å²) in [7, 11) is 1.76. The van der Waals surface area contributed by atoms with Gasteiger partial charge in [0.1, 0.15) is 0 Å². The third-order valence-electron chi connectivity index (χ3n) is 2.84.